The van der Waals surface area contributed by atoms with Crippen LogP contribution in [0.2, 0.25) is 0 Å². The van der Waals surface area contributed by atoms with Crippen LogP contribution < -0.4 is 0 Å². The standard InChI is InChI=1S/C14H14N6O2S2/c21-20(22)10-6-7-11-12(8-10)23-14(15-11)24-13-16-17-18-19(13)9-4-2-1-3-5-9/h6-9H,1-5H2. The molecule has 10 heteroatoms. The summed E-state index contributed by atoms with van der Waals surface area (Å²) in [6, 6.07) is 5.06. The van der Waals surface area contributed by atoms with Gasteiger partial charge in [0.2, 0.25) is 5.16 Å². The molecule has 0 N–H and O–H groups in total. The van der Waals surface area contributed by atoms with Crippen LogP contribution in [0.25, 0.3) is 10.2 Å². The Morgan fingerprint density at radius 2 is 2.12 bits per heavy atom. The Kier molecular flexibility index (Phi) is 4.15. The average Bonchev–Trinajstić information content (AvgIpc) is 3.21. The number of rotatable bonds is 4. The van der Waals surface area contributed by atoms with E-state index >= 15 is 0 Å². The zero-order valence-corrected chi connectivity index (χ0v) is 14.3. The summed E-state index contributed by atoms with van der Waals surface area (Å²) < 4.78 is 3.49. The third kappa shape index (κ3) is 2.98. The number of hydrogen-bond acceptors (Lipinski definition) is 8. The third-order valence-electron chi connectivity index (χ3n) is 4.12. The molecule has 1 aliphatic carbocycles. The van der Waals surface area contributed by atoms with Crippen molar-refractivity contribution in [1.29, 1.82) is 0 Å². The minimum atomic E-state index is -0.393. The number of tetrazole rings is 1. The van der Waals surface area contributed by atoms with Crippen LogP contribution >= 0.6 is 23.1 Å². The average molecular weight is 362 g/mol. The van der Waals surface area contributed by atoms with Gasteiger partial charge in [-0.25, -0.2) is 9.67 Å². The predicted molar refractivity (Wildman–Crippen MR) is 90.3 cm³/mol. The molecular weight excluding hydrogens is 348 g/mol. The second kappa shape index (κ2) is 6.44. The molecule has 0 bridgehead atoms. The zero-order chi connectivity index (χ0) is 16.5. The van der Waals surface area contributed by atoms with Crippen LogP contribution in [0.1, 0.15) is 38.1 Å². The highest BCUT2D eigenvalue weighted by Crippen LogP contribution is 2.37. The lowest BCUT2D eigenvalue weighted by Gasteiger charge is -2.21. The molecular formula is C14H14N6O2S2. The van der Waals surface area contributed by atoms with Crippen LogP contribution in [0.4, 0.5) is 5.69 Å². The Labute approximate surface area is 145 Å². The summed E-state index contributed by atoms with van der Waals surface area (Å²) in [5, 5.41) is 23.7. The molecule has 0 spiro atoms. The minimum absolute atomic E-state index is 0.0785. The summed E-state index contributed by atoms with van der Waals surface area (Å²) in [6.45, 7) is 0. The molecule has 124 valence electrons. The van der Waals surface area contributed by atoms with Crippen LogP contribution in [0.3, 0.4) is 0 Å². The van der Waals surface area contributed by atoms with Gasteiger partial charge in [0.05, 0.1) is 21.2 Å². The number of fused-ring (bicyclic) bond motifs is 1. The molecule has 1 fully saturated rings. The van der Waals surface area contributed by atoms with Gasteiger partial charge in [-0.15, -0.1) is 16.4 Å². The molecule has 0 radical (unpaired) electrons. The Bertz CT molecular complexity index is 886. The topological polar surface area (TPSA) is 99.6 Å². The van der Waals surface area contributed by atoms with Crippen LogP contribution in [-0.4, -0.2) is 30.1 Å². The Hall–Kier alpha value is -2.07. The molecule has 2 aromatic heterocycles. The Morgan fingerprint density at radius 1 is 1.29 bits per heavy atom. The molecule has 0 saturated heterocycles. The van der Waals surface area contributed by atoms with Crippen molar-refractivity contribution in [1.82, 2.24) is 25.2 Å². The first-order valence-electron chi connectivity index (χ1n) is 7.71. The summed E-state index contributed by atoms with van der Waals surface area (Å²) in [6.07, 6.45) is 5.89. The lowest BCUT2D eigenvalue weighted by Crippen LogP contribution is -2.15. The van der Waals surface area contributed by atoms with Gasteiger partial charge in [0, 0.05) is 12.1 Å². The van der Waals surface area contributed by atoms with E-state index in [1.165, 1.54) is 48.4 Å². The number of aromatic nitrogens is 5. The smallest absolute Gasteiger partial charge is 0.258 e. The van der Waals surface area contributed by atoms with Gasteiger partial charge >= 0.3 is 0 Å². The summed E-state index contributed by atoms with van der Waals surface area (Å²) in [4.78, 5) is 15.0. The highest BCUT2D eigenvalue weighted by atomic mass is 32.2. The molecule has 8 nitrogen and oxygen atoms in total. The maximum absolute atomic E-state index is 10.9. The molecule has 0 unspecified atom stereocenters. The van der Waals surface area contributed by atoms with Crippen LogP contribution in [0.15, 0.2) is 27.7 Å². The number of thiazole rings is 1. The van der Waals surface area contributed by atoms with Crippen molar-refractivity contribution in [2.75, 3.05) is 0 Å². The Morgan fingerprint density at radius 3 is 2.92 bits per heavy atom. The molecule has 2 heterocycles. The highest BCUT2D eigenvalue weighted by Gasteiger charge is 2.21. The van der Waals surface area contributed by atoms with E-state index in [0.717, 1.165) is 32.6 Å². The fourth-order valence-electron chi connectivity index (χ4n) is 2.93. The summed E-state index contributed by atoms with van der Waals surface area (Å²) in [5.74, 6) is 0. The van der Waals surface area contributed by atoms with Crippen LogP contribution in [0.5, 0.6) is 0 Å². The molecule has 24 heavy (non-hydrogen) atoms. The predicted octanol–water partition coefficient (Wildman–Crippen LogP) is 3.85. The highest BCUT2D eigenvalue weighted by molar-refractivity contribution is 8.01. The molecule has 1 aliphatic rings. The monoisotopic (exact) mass is 362 g/mol. The quantitative estimate of drug-likeness (QED) is 0.513. The van der Waals surface area contributed by atoms with Gasteiger partial charge < -0.3 is 0 Å². The number of nitrogens with zero attached hydrogens (tertiary/aromatic N) is 6. The fraction of sp³-hybridized carbons (Fsp3) is 0.429. The van der Waals surface area contributed by atoms with E-state index in [4.69, 9.17) is 0 Å². The number of nitro groups is 1. The third-order valence-corrected chi connectivity index (χ3v) is 6.15. The largest absolute Gasteiger partial charge is 0.270 e. The van der Waals surface area contributed by atoms with Crippen molar-refractivity contribution in [3.8, 4) is 0 Å². The normalized spacial score (nSPS) is 15.8. The van der Waals surface area contributed by atoms with Crippen LogP contribution in [-0.2, 0) is 0 Å². The Balaban J connectivity index is 1.60. The van der Waals surface area contributed by atoms with Gasteiger partial charge in [-0.05, 0) is 41.1 Å². The van der Waals surface area contributed by atoms with Crippen molar-refractivity contribution in [3.05, 3.63) is 28.3 Å². The van der Waals surface area contributed by atoms with Gasteiger partial charge in [0.25, 0.3) is 5.69 Å². The lowest BCUT2D eigenvalue weighted by molar-refractivity contribution is -0.384. The van der Waals surface area contributed by atoms with Gasteiger partial charge in [-0.1, -0.05) is 19.3 Å². The molecule has 1 aromatic carbocycles. The molecule has 0 aliphatic heterocycles. The van der Waals surface area contributed by atoms with Gasteiger partial charge in [-0.2, -0.15) is 0 Å². The van der Waals surface area contributed by atoms with Gasteiger partial charge in [-0.3, -0.25) is 10.1 Å². The molecule has 1 saturated carbocycles. The second-order valence-electron chi connectivity index (χ2n) is 5.69. The molecule has 4 rings (SSSR count). The van der Waals surface area contributed by atoms with E-state index in [2.05, 4.69) is 20.5 Å². The van der Waals surface area contributed by atoms with E-state index in [9.17, 15) is 10.1 Å². The van der Waals surface area contributed by atoms with Gasteiger partial charge in [0.15, 0.2) is 4.34 Å². The maximum atomic E-state index is 10.9. The SMILES string of the molecule is O=[N+]([O-])c1ccc2nc(Sc3nnnn3C3CCCCC3)sc2c1. The van der Waals surface area contributed by atoms with E-state index in [1.807, 2.05) is 4.68 Å². The number of hydrogen-bond donors (Lipinski definition) is 0. The van der Waals surface area contributed by atoms with E-state index in [1.54, 1.807) is 12.1 Å². The second-order valence-corrected chi connectivity index (χ2v) is 7.93. The van der Waals surface area contributed by atoms with Gasteiger partial charge in [0.1, 0.15) is 0 Å². The molecule has 0 atom stereocenters. The van der Waals surface area contributed by atoms with Crippen molar-refractivity contribution in [3.63, 3.8) is 0 Å². The van der Waals surface area contributed by atoms with Crippen molar-refractivity contribution in [2.24, 2.45) is 0 Å². The fourth-order valence-corrected chi connectivity index (χ4v) is 4.98. The molecule has 0 amide bonds. The number of non-ortho nitro benzene ring substituents is 1. The van der Waals surface area contributed by atoms with Crippen molar-refractivity contribution in [2.45, 2.75) is 47.6 Å². The van der Waals surface area contributed by atoms with Crippen molar-refractivity contribution < 1.29 is 4.92 Å². The first kappa shape index (κ1) is 15.5. The number of nitro benzene ring substituents is 1. The number of benzene rings is 1. The summed E-state index contributed by atoms with van der Waals surface area (Å²) in [5.41, 5.74) is 0.833. The first-order valence-corrected chi connectivity index (χ1v) is 9.35. The lowest BCUT2D eigenvalue weighted by atomic mass is 9.96. The van der Waals surface area contributed by atoms with Crippen LogP contribution in [0, 0.1) is 10.1 Å². The van der Waals surface area contributed by atoms with Crippen molar-refractivity contribution >= 4 is 39.0 Å². The summed E-state index contributed by atoms with van der Waals surface area (Å²) >= 11 is 2.84. The summed E-state index contributed by atoms with van der Waals surface area (Å²) in [7, 11) is 0. The van der Waals surface area contributed by atoms with E-state index in [0.29, 0.717) is 6.04 Å². The maximum Gasteiger partial charge on any atom is 0.270 e. The van der Waals surface area contributed by atoms with E-state index < -0.39 is 4.92 Å². The zero-order valence-electron chi connectivity index (χ0n) is 12.7. The molecule has 3 aromatic rings. The minimum Gasteiger partial charge on any atom is -0.258 e. The van der Waals surface area contributed by atoms with E-state index in [-0.39, 0.29) is 5.69 Å². The first-order chi connectivity index (χ1) is 11.7.